The van der Waals surface area contributed by atoms with E-state index in [1.807, 2.05) is 0 Å². The standard InChI is InChI=1S/C18H12ClFN2O2S/c1-3-8-22-14-6-5-12(20)10-16(14)25-18(22)21-17(23)13-9-11(19)4-7-15(13)24-2/h1,4-7,9-10H,8H2,2H3. The van der Waals surface area contributed by atoms with Gasteiger partial charge in [0, 0.05) is 5.02 Å². The molecule has 0 aliphatic heterocycles. The smallest absolute Gasteiger partial charge is 0.283 e. The van der Waals surface area contributed by atoms with Crippen molar-refractivity contribution in [1.82, 2.24) is 4.57 Å². The number of thiazole rings is 1. The number of methoxy groups -OCH3 is 1. The van der Waals surface area contributed by atoms with Crippen LogP contribution in [0.4, 0.5) is 4.39 Å². The van der Waals surface area contributed by atoms with E-state index in [0.717, 1.165) is 0 Å². The summed E-state index contributed by atoms with van der Waals surface area (Å²) in [5.41, 5.74) is 0.958. The van der Waals surface area contributed by atoms with Gasteiger partial charge in [0.1, 0.15) is 11.6 Å². The number of rotatable bonds is 3. The minimum atomic E-state index is -0.517. The van der Waals surface area contributed by atoms with Gasteiger partial charge in [-0.2, -0.15) is 4.99 Å². The Morgan fingerprint density at radius 3 is 2.92 bits per heavy atom. The molecule has 0 aliphatic rings. The summed E-state index contributed by atoms with van der Waals surface area (Å²) in [7, 11) is 1.46. The molecule has 0 aliphatic carbocycles. The Morgan fingerprint density at radius 1 is 1.40 bits per heavy atom. The SMILES string of the molecule is C#CCn1c(=NC(=O)c2cc(Cl)ccc2OC)sc2cc(F)ccc21. The lowest BCUT2D eigenvalue weighted by atomic mass is 10.2. The lowest BCUT2D eigenvalue weighted by molar-refractivity contribution is 0.0995. The predicted octanol–water partition coefficient (Wildman–Crippen LogP) is 3.88. The van der Waals surface area contributed by atoms with Crippen molar-refractivity contribution >= 4 is 39.1 Å². The minimum absolute atomic E-state index is 0.213. The Kier molecular flexibility index (Phi) is 4.88. The van der Waals surface area contributed by atoms with Gasteiger partial charge in [0.05, 0.1) is 29.4 Å². The molecule has 0 fully saturated rings. The van der Waals surface area contributed by atoms with Gasteiger partial charge < -0.3 is 9.30 Å². The first-order valence-electron chi connectivity index (χ1n) is 7.18. The summed E-state index contributed by atoms with van der Waals surface area (Å²) in [6.07, 6.45) is 5.41. The maximum atomic E-state index is 13.5. The molecule has 0 unspecified atom stereocenters. The van der Waals surface area contributed by atoms with Crippen molar-refractivity contribution in [1.29, 1.82) is 0 Å². The number of amides is 1. The van der Waals surface area contributed by atoms with Crippen LogP contribution in [0.3, 0.4) is 0 Å². The Hall–Kier alpha value is -2.62. The van der Waals surface area contributed by atoms with Crippen LogP contribution in [0.25, 0.3) is 10.2 Å². The van der Waals surface area contributed by atoms with Gasteiger partial charge in [0.2, 0.25) is 0 Å². The molecule has 7 heteroatoms. The molecule has 1 amide bonds. The van der Waals surface area contributed by atoms with E-state index in [1.165, 1.54) is 36.6 Å². The normalized spacial score (nSPS) is 11.5. The van der Waals surface area contributed by atoms with E-state index in [-0.39, 0.29) is 17.9 Å². The van der Waals surface area contributed by atoms with Crippen molar-refractivity contribution in [3.63, 3.8) is 0 Å². The number of terminal acetylenes is 1. The fraction of sp³-hybridized carbons (Fsp3) is 0.111. The first-order chi connectivity index (χ1) is 12.0. The molecule has 0 saturated heterocycles. The molecule has 25 heavy (non-hydrogen) atoms. The fourth-order valence-electron chi connectivity index (χ4n) is 2.37. The molecule has 1 heterocycles. The maximum absolute atomic E-state index is 13.5. The zero-order valence-electron chi connectivity index (χ0n) is 13.1. The zero-order chi connectivity index (χ0) is 18.0. The van der Waals surface area contributed by atoms with Crippen molar-refractivity contribution in [3.8, 4) is 18.1 Å². The molecule has 126 valence electrons. The molecule has 0 bridgehead atoms. The van der Waals surface area contributed by atoms with Crippen LogP contribution in [0, 0.1) is 18.2 Å². The summed E-state index contributed by atoms with van der Waals surface area (Å²) in [4.78, 5) is 17.1. The van der Waals surface area contributed by atoms with E-state index in [0.29, 0.717) is 25.8 Å². The number of carbonyl (C=O) groups is 1. The van der Waals surface area contributed by atoms with Crippen LogP contribution in [0.2, 0.25) is 5.02 Å². The second-order valence-electron chi connectivity index (χ2n) is 5.05. The largest absolute Gasteiger partial charge is 0.496 e. The van der Waals surface area contributed by atoms with E-state index in [1.54, 1.807) is 22.8 Å². The van der Waals surface area contributed by atoms with Crippen molar-refractivity contribution in [2.75, 3.05) is 7.11 Å². The third-order valence-electron chi connectivity index (χ3n) is 3.48. The Morgan fingerprint density at radius 2 is 2.20 bits per heavy atom. The Bertz CT molecular complexity index is 1080. The average molecular weight is 375 g/mol. The topological polar surface area (TPSA) is 43.6 Å². The van der Waals surface area contributed by atoms with E-state index in [4.69, 9.17) is 22.8 Å². The first-order valence-corrected chi connectivity index (χ1v) is 8.38. The van der Waals surface area contributed by atoms with Gasteiger partial charge in [-0.05, 0) is 36.4 Å². The van der Waals surface area contributed by atoms with Crippen molar-refractivity contribution in [2.24, 2.45) is 4.99 Å². The van der Waals surface area contributed by atoms with E-state index in [2.05, 4.69) is 10.9 Å². The molecule has 0 atom stereocenters. The van der Waals surface area contributed by atoms with Crippen molar-refractivity contribution in [2.45, 2.75) is 6.54 Å². The van der Waals surface area contributed by atoms with Crippen LogP contribution < -0.4 is 9.54 Å². The fourth-order valence-corrected chi connectivity index (χ4v) is 3.60. The van der Waals surface area contributed by atoms with E-state index < -0.39 is 5.91 Å². The minimum Gasteiger partial charge on any atom is -0.496 e. The molecule has 0 spiro atoms. The molecule has 0 radical (unpaired) electrons. The zero-order valence-corrected chi connectivity index (χ0v) is 14.7. The van der Waals surface area contributed by atoms with Crippen molar-refractivity contribution in [3.05, 3.63) is 57.6 Å². The van der Waals surface area contributed by atoms with Crippen LogP contribution in [0.5, 0.6) is 5.75 Å². The van der Waals surface area contributed by atoms with Crippen LogP contribution in [-0.4, -0.2) is 17.6 Å². The number of ether oxygens (including phenoxy) is 1. The summed E-state index contributed by atoms with van der Waals surface area (Å²) in [5, 5.41) is 0.397. The lowest BCUT2D eigenvalue weighted by Gasteiger charge is -2.05. The third-order valence-corrected chi connectivity index (χ3v) is 4.76. The van der Waals surface area contributed by atoms with Gasteiger partial charge in [-0.1, -0.05) is 28.9 Å². The van der Waals surface area contributed by atoms with E-state index >= 15 is 0 Å². The lowest BCUT2D eigenvalue weighted by Crippen LogP contribution is -2.16. The van der Waals surface area contributed by atoms with Crippen LogP contribution >= 0.6 is 22.9 Å². The van der Waals surface area contributed by atoms with Crippen molar-refractivity contribution < 1.29 is 13.9 Å². The summed E-state index contributed by atoms with van der Waals surface area (Å²) >= 11 is 7.15. The number of halogens is 2. The van der Waals surface area contributed by atoms with Crippen LogP contribution in [0.1, 0.15) is 10.4 Å². The number of nitrogens with zero attached hydrogens (tertiary/aromatic N) is 2. The number of hydrogen-bond acceptors (Lipinski definition) is 3. The Labute approximate surface area is 152 Å². The molecule has 3 rings (SSSR count). The van der Waals surface area contributed by atoms with Gasteiger partial charge >= 0.3 is 0 Å². The monoisotopic (exact) mass is 374 g/mol. The van der Waals surface area contributed by atoms with Gasteiger partial charge in [-0.15, -0.1) is 6.42 Å². The van der Waals surface area contributed by atoms with Gasteiger partial charge in [0.15, 0.2) is 4.80 Å². The second-order valence-corrected chi connectivity index (χ2v) is 6.49. The molecule has 1 aromatic heterocycles. The molecule has 0 saturated carbocycles. The molecule has 2 aromatic carbocycles. The number of fused-ring (bicyclic) bond motifs is 1. The van der Waals surface area contributed by atoms with E-state index in [9.17, 15) is 9.18 Å². The Balaban J connectivity index is 2.18. The molecular formula is C18H12ClFN2O2S. The molecular weight excluding hydrogens is 363 g/mol. The first kappa shape index (κ1) is 17.2. The maximum Gasteiger partial charge on any atom is 0.283 e. The van der Waals surface area contributed by atoms with Gasteiger partial charge in [0.25, 0.3) is 5.91 Å². The van der Waals surface area contributed by atoms with Gasteiger partial charge in [-0.25, -0.2) is 4.39 Å². The quantitative estimate of drug-likeness (QED) is 0.653. The highest BCUT2D eigenvalue weighted by molar-refractivity contribution is 7.16. The van der Waals surface area contributed by atoms with Crippen LogP contribution in [0.15, 0.2) is 41.4 Å². The highest BCUT2D eigenvalue weighted by Crippen LogP contribution is 2.24. The number of carbonyl (C=O) groups excluding carboxylic acids is 1. The highest BCUT2D eigenvalue weighted by atomic mass is 35.5. The highest BCUT2D eigenvalue weighted by Gasteiger charge is 2.14. The summed E-state index contributed by atoms with van der Waals surface area (Å²) in [6.45, 7) is 0.213. The van der Waals surface area contributed by atoms with Crippen LogP contribution in [-0.2, 0) is 6.54 Å². The summed E-state index contributed by atoms with van der Waals surface area (Å²) < 4.78 is 21.0. The number of benzene rings is 2. The second kappa shape index (κ2) is 7.09. The molecule has 0 N–H and O–H groups in total. The predicted molar refractivity (Wildman–Crippen MR) is 96.5 cm³/mol. The number of hydrogen-bond donors (Lipinski definition) is 0. The number of aromatic nitrogens is 1. The molecule has 4 nitrogen and oxygen atoms in total. The summed E-state index contributed by atoms with van der Waals surface area (Å²) in [5.74, 6) is 2.01. The van der Waals surface area contributed by atoms with Gasteiger partial charge in [-0.3, -0.25) is 4.79 Å². The molecule has 3 aromatic rings. The third kappa shape index (κ3) is 3.43. The average Bonchev–Trinajstić information content (AvgIpc) is 2.91. The summed E-state index contributed by atoms with van der Waals surface area (Å²) in [6, 6.07) is 9.05.